The maximum atomic E-state index is 12.1. The van der Waals surface area contributed by atoms with E-state index >= 15 is 0 Å². The molecule has 2 unspecified atom stereocenters. The van der Waals surface area contributed by atoms with Gasteiger partial charge in [-0.2, -0.15) is 0 Å². The van der Waals surface area contributed by atoms with Gasteiger partial charge in [0.2, 0.25) is 0 Å². The molecule has 2 atom stereocenters. The predicted octanol–water partition coefficient (Wildman–Crippen LogP) is 0.696. The van der Waals surface area contributed by atoms with Crippen LogP contribution in [0.25, 0.3) is 0 Å². The highest BCUT2D eigenvalue weighted by atomic mass is 16.5. The summed E-state index contributed by atoms with van der Waals surface area (Å²) in [7, 11) is 0. The summed E-state index contributed by atoms with van der Waals surface area (Å²) in [4.78, 5) is 16.9. The number of esters is 1. The molecular formula is C15H29N3O2. The molecule has 0 aromatic rings. The average molecular weight is 283 g/mol. The van der Waals surface area contributed by atoms with Crippen LogP contribution < -0.4 is 5.32 Å². The van der Waals surface area contributed by atoms with Crippen molar-refractivity contribution in [2.24, 2.45) is 0 Å². The first-order chi connectivity index (χ1) is 9.63. The number of carbonyl (C=O) groups excluding carboxylic acids is 1. The van der Waals surface area contributed by atoms with Gasteiger partial charge in [-0.15, -0.1) is 0 Å². The second-order valence-corrected chi connectivity index (χ2v) is 5.98. The lowest BCUT2D eigenvalue weighted by Gasteiger charge is -2.40. The Bertz CT molecular complexity index is 320. The Hall–Kier alpha value is -0.650. The topological polar surface area (TPSA) is 44.8 Å². The fraction of sp³-hybridized carbons (Fsp3) is 0.933. The molecule has 20 heavy (non-hydrogen) atoms. The van der Waals surface area contributed by atoms with Crippen molar-refractivity contribution in [3.05, 3.63) is 0 Å². The van der Waals surface area contributed by atoms with Crippen LogP contribution in [0.2, 0.25) is 0 Å². The van der Waals surface area contributed by atoms with Crippen LogP contribution in [0.4, 0.5) is 0 Å². The van der Waals surface area contributed by atoms with Crippen molar-refractivity contribution < 1.29 is 9.53 Å². The van der Waals surface area contributed by atoms with Gasteiger partial charge in [0.1, 0.15) is 6.04 Å². The summed E-state index contributed by atoms with van der Waals surface area (Å²) in [6.07, 6.45) is 2.38. The lowest BCUT2D eigenvalue weighted by molar-refractivity contribution is -0.146. The molecule has 0 spiro atoms. The number of ether oxygens (including phenoxy) is 1. The highest BCUT2D eigenvalue weighted by Gasteiger charge is 2.32. The molecular weight excluding hydrogens is 254 g/mol. The van der Waals surface area contributed by atoms with Crippen LogP contribution in [-0.4, -0.2) is 73.2 Å². The van der Waals surface area contributed by atoms with Gasteiger partial charge in [0.05, 0.1) is 6.61 Å². The monoisotopic (exact) mass is 283 g/mol. The number of nitrogens with one attached hydrogen (secondary N) is 1. The summed E-state index contributed by atoms with van der Waals surface area (Å²) in [6, 6.07) is 0.930. The van der Waals surface area contributed by atoms with Crippen LogP contribution in [0.1, 0.15) is 33.6 Å². The molecule has 0 amide bonds. The van der Waals surface area contributed by atoms with Crippen LogP contribution >= 0.6 is 0 Å². The third kappa shape index (κ3) is 4.43. The number of piperazine rings is 1. The third-order valence-corrected chi connectivity index (χ3v) is 4.28. The lowest BCUT2D eigenvalue weighted by atomic mass is 10.1. The maximum absolute atomic E-state index is 12.1. The minimum absolute atomic E-state index is 0.0926. The zero-order valence-electron chi connectivity index (χ0n) is 13.1. The molecule has 1 aliphatic heterocycles. The molecule has 1 saturated carbocycles. The lowest BCUT2D eigenvalue weighted by Crippen LogP contribution is -2.56. The Balaban J connectivity index is 1.85. The predicted molar refractivity (Wildman–Crippen MR) is 79.7 cm³/mol. The molecule has 2 fully saturated rings. The van der Waals surface area contributed by atoms with E-state index in [2.05, 4.69) is 29.0 Å². The Morgan fingerprint density at radius 2 is 2.10 bits per heavy atom. The first kappa shape index (κ1) is 15.7. The van der Waals surface area contributed by atoms with E-state index < -0.39 is 0 Å². The molecule has 2 aliphatic rings. The molecule has 1 aliphatic carbocycles. The minimum Gasteiger partial charge on any atom is -0.465 e. The van der Waals surface area contributed by atoms with Gasteiger partial charge in [0.25, 0.3) is 0 Å². The number of rotatable bonds is 7. The number of hydrogen-bond acceptors (Lipinski definition) is 5. The maximum Gasteiger partial charge on any atom is 0.324 e. The second-order valence-electron chi connectivity index (χ2n) is 5.98. The highest BCUT2D eigenvalue weighted by molar-refractivity contribution is 5.76. The van der Waals surface area contributed by atoms with Gasteiger partial charge in [-0.05, 0) is 33.2 Å². The molecule has 2 rings (SSSR count). The van der Waals surface area contributed by atoms with Gasteiger partial charge >= 0.3 is 5.97 Å². The van der Waals surface area contributed by atoms with E-state index in [-0.39, 0.29) is 12.0 Å². The Labute approximate surface area is 122 Å². The smallest absolute Gasteiger partial charge is 0.324 e. The molecule has 1 saturated heterocycles. The number of hydrogen-bond donors (Lipinski definition) is 1. The van der Waals surface area contributed by atoms with Crippen LogP contribution in [0.5, 0.6) is 0 Å². The van der Waals surface area contributed by atoms with Gasteiger partial charge in [-0.25, -0.2) is 0 Å². The van der Waals surface area contributed by atoms with E-state index in [1.165, 1.54) is 12.8 Å². The molecule has 0 aromatic heterocycles. The first-order valence-corrected chi connectivity index (χ1v) is 8.03. The Kier molecular flexibility index (Phi) is 5.81. The van der Waals surface area contributed by atoms with E-state index in [1.54, 1.807) is 0 Å². The largest absolute Gasteiger partial charge is 0.465 e. The molecule has 5 nitrogen and oxygen atoms in total. The van der Waals surface area contributed by atoms with Crippen molar-refractivity contribution in [2.75, 3.05) is 39.3 Å². The molecule has 5 heteroatoms. The van der Waals surface area contributed by atoms with Crippen molar-refractivity contribution in [2.45, 2.75) is 51.7 Å². The van der Waals surface area contributed by atoms with Gasteiger partial charge in [-0.3, -0.25) is 14.6 Å². The average Bonchev–Trinajstić information content (AvgIpc) is 3.22. The molecule has 1 heterocycles. The van der Waals surface area contributed by atoms with E-state index in [9.17, 15) is 4.79 Å². The number of likely N-dealkylation sites (N-methyl/N-ethyl adjacent to an activating group) is 1. The fourth-order valence-electron chi connectivity index (χ4n) is 2.94. The molecule has 1 N–H and O–H groups in total. The van der Waals surface area contributed by atoms with Crippen LogP contribution in [0.3, 0.4) is 0 Å². The van der Waals surface area contributed by atoms with E-state index in [4.69, 9.17) is 4.74 Å². The number of nitrogens with zero attached hydrogens (tertiary/aromatic N) is 2. The van der Waals surface area contributed by atoms with Crippen LogP contribution in [-0.2, 0) is 9.53 Å². The SMILES string of the molecule is CCOC(=O)C(CN1CCN(CC)C(C)C1)NC1CC1. The summed E-state index contributed by atoms with van der Waals surface area (Å²) in [6.45, 7) is 11.9. The summed E-state index contributed by atoms with van der Waals surface area (Å²) in [5.41, 5.74) is 0. The molecule has 116 valence electrons. The second kappa shape index (κ2) is 7.38. The standard InChI is InChI=1S/C15H29N3O2/c1-4-18-9-8-17(10-12(18)3)11-14(15(19)20-5-2)16-13-6-7-13/h12-14,16H,4-11H2,1-3H3. The summed E-state index contributed by atoms with van der Waals surface area (Å²) in [5.74, 6) is -0.0926. The van der Waals surface area contributed by atoms with Crippen molar-refractivity contribution in [3.8, 4) is 0 Å². The van der Waals surface area contributed by atoms with Gasteiger partial charge < -0.3 is 10.1 Å². The normalized spacial score (nSPS) is 26.4. The fourth-order valence-corrected chi connectivity index (χ4v) is 2.94. The summed E-state index contributed by atoms with van der Waals surface area (Å²) in [5, 5.41) is 3.43. The quantitative estimate of drug-likeness (QED) is 0.697. The zero-order chi connectivity index (χ0) is 14.5. The Morgan fingerprint density at radius 3 is 2.65 bits per heavy atom. The summed E-state index contributed by atoms with van der Waals surface area (Å²) >= 11 is 0. The van der Waals surface area contributed by atoms with Crippen molar-refractivity contribution >= 4 is 5.97 Å². The first-order valence-electron chi connectivity index (χ1n) is 8.03. The number of carbonyl (C=O) groups is 1. The molecule has 0 aromatic carbocycles. The van der Waals surface area contributed by atoms with Crippen molar-refractivity contribution in [3.63, 3.8) is 0 Å². The third-order valence-electron chi connectivity index (χ3n) is 4.28. The minimum atomic E-state index is -0.164. The van der Waals surface area contributed by atoms with E-state index in [0.717, 1.165) is 32.7 Å². The Morgan fingerprint density at radius 1 is 1.35 bits per heavy atom. The van der Waals surface area contributed by atoms with Gasteiger partial charge in [0, 0.05) is 38.3 Å². The van der Waals surface area contributed by atoms with Crippen molar-refractivity contribution in [1.82, 2.24) is 15.1 Å². The van der Waals surface area contributed by atoms with Gasteiger partial charge in [0.15, 0.2) is 0 Å². The molecule has 0 radical (unpaired) electrons. The van der Waals surface area contributed by atoms with Crippen LogP contribution in [0, 0.1) is 0 Å². The van der Waals surface area contributed by atoms with E-state index in [0.29, 0.717) is 18.7 Å². The molecule has 0 bridgehead atoms. The van der Waals surface area contributed by atoms with Crippen molar-refractivity contribution in [1.29, 1.82) is 0 Å². The zero-order valence-corrected chi connectivity index (χ0v) is 13.1. The highest BCUT2D eigenvalue weighted by Crippen LogP contribution is 2.20. The van der Waals surface area contributed by atoms with Crippen LogP contribution in [0.15, 0.2) is 0 Å². The van der Waals surface area contributed by atoms with Gasteiger partial charge in [-0.1, -0.05) is 6.92 Å². The van der Waals surface area contributed by atoms with E-state index in [1.807, 2.05) is 6.92 Å². The summed E-state index contributed by atoms with van der Waals surface area (Å²) < 4.78 is 5.20.